The Morgan fingerprint density at radius 1 is 1.16 bits per heavy atom. The number of rotatable bonds is 2. The molecule has 5 heteroatoms. The number of pyridine rings is 1. The lowest BCUT2D eigenvalue weighted by Crippen LogP contribution is -1.87. The SMILES string of the molecule is COc1ccc2[nH]c(-c3cc(Br)ccc3C)nc2n1. The van der Waals surface area contributed by atoms with Gasteiger partial charge in [0.05, 0.1) is 12.6 Å². The third kappa shape index (κ3) is 2.21. The lowest BCUT2D eigenvalue weighted by molar-refractivity contribution is 0.399. The lowest BCUT2D eigenvalue weighted by atomic mass is 10.1. The lowest BCUT2D eigenvalue weighted by Gasteiger charge is -2.02. The number of methoxy groups -OCH3 is 1. The molecule has 19 heavy (non-hydrogen) atoms. The van der Waals surface area contributed by atoms with Crippen LogP contribution in [-0.2, 0) is 0 Å². The van der Waals surface area contributed by atoms with Crippen molar-refractivity contribution < 1.29 is 4.74 Å². The summed E-state index contributed by atoms with van der Waals surface area (Å²) in [7, 11) is 1.60. The Kier molecular flexibility index (Phi) is 2.98. The van der Waals surface area contributed by atoms with E-state index in [0.29, 0.717) is 11.5 Å². The molecule has 0 aliphatic rings. The summed E-state index contributed by atoms with van der Waals surface area (Å²) in [5.41, 5.74) is 3.78. The zero-order valence-corrected chi connectivity index (χ0v) is 12.2. The van der Waals surface area contributed by atoms with E-state index in [-0.39, 0.29) is 0 Å². The van der Waals surface area contributed by atoms with Gasteiger partial charge in [0.2, 0.25) is 5.88 Å². The van der Waals surface area contributed by atoms with Gasteiger partial charge in [-0.2, -0.15) is 4.98 Å². The normalized spacial score (nSPS) is 10.9. The largest absolute Gasteiger partial charge is 0.481 e. The minimum Gasteiger partial charge on any atom is -0.481 e. The van der Waals surface area contributed by atoms with E-state index in [2.05, 4.69) is 43.9 Å². The predicted octanol–water partition coefficient (Wildman–Crippen LogP) is 3.70. The summed E-state index contributed by atoms with van der Waals surface area (Å²) >= 11 is 3.48. The van der Waals surface area contributed by atoms with Gasteiger partial charge in [0.15, 0.2) is 5.65 Å². The molecule has 3 aromatic rings. The van der Waals surface area contributed by atoms with Crippen molar-refractivity contribution >= 4 is 27.1 Å². The molecule has 0 spiro atoms. The van der Waals surface area contributed by atoms with Crippen LogP contribution in [0.1, 0.15) is 5.56 Å². The van der Waals surface area contributed by atoms with Crippen LogP contribution in [0.5, 0.6) is 5.88 Å². The summed E-state index contributed by atoms with van der Waals surface area (Å²) in [4.78, 5) is 12.1. The Balaban J connectivity index is 2.17. The Morgan fingerprint density at radius 3 is 2.79 bits per heavy atom. The topological polar surface area (TPSA) is 50.8 Å². The number of aromatic nitrogens is 3. The van der Waals surface area contributed by atoms with Crippen LogP contribution in [-0.4, -0.2) is 22.1 Å². The van der Waals surface area contributed by atoms with Crippen LogP contribution in [0, 0.1) is 6.92 Å². The van der Waals surface area contributed by atoms with Crippen molar-refractivity contribution in [2.24, 2.45) is 0 Å². The van der Waals surface area contributed by atoms with Crippen molar-refractivity contribution in [1.82, 2.24) is 15.0 Å². The van der Waals surface area contributed by atoms with E-state index < -0.39 is 0 Å². The quantitative estimate of drug-likeness (QED) is 0.784. The summed E-state index contributed by atoms with van der Waals surface area (Å²) < 4.78 is 6.13. The van der Waals surface area contributed by atoms with Gasteiger partial charge in [-0.25, -0.2) is 4.98 Å². The number of fused-ring (bicyclic) bond motifs is 1. The standard InChI is InChI=1S/C14H12BrN3O/c1-8-3-4-9(15)7-10(8)13-16-11-5-6-12(19-2)17-14(11)18-13/h3-7H,1-2H3,(H,16,17,18). The Morgan fingerprint density at radius 2 is 2.00 bits per heavy atom. The fraction of sp³-hybridized carbons (Fsp3) is 0.143. The number of hydrogen-bond acceptors (Lipinski definition) is 3. The highest BCUT2D eigenvalue weighted by atomic mass is 79.9. The number of aryl methyl sites for hydroxylation is 1. The molecule has 0 bridgehead atoms. The highest BCUT2D eigenvalue weighted by molar-refractivity contribution is 9.10. The van der Waals surface area contributed by atoms with Crippen molar-refractivity contribution in [3.63, 3.8) is 0 Å². The first-order chi connectivity index (χ1) is 9.17. The van der Waals surface area contributed by atoms with E-state index in [1.165, 1.54) is 0 Å². The molecule has 1 aromatic carbocycles. The number of aromatic amines is 1. The van der Waals surface area contributed by atoms with Crippen LogP contribution in [0.4, 0.5) is 0 Å². The number of imidazole rings is 1. The predicted molar refractivity (Wildman–Crippen MR) is 78.3 cm³/mol. The van der Waals surface area contributed by atoms with Crippen LogP contribution < -0.4 is 4.74 Å². The smallest absolute Gasteiger partial charge is 0.215 e. The first-order valence-corrected chi connectivity index (χ1v) is 6.64. The first kappa shape index (κ1) is 12.2. The Labute approximate surface area is 119 Å². The van der Waals surface area contributed by atoms with Gasteiger partial charge in [0.1, 0.15) is 5.82 Å². The van der Waals surface area contributed by atoms with E-state index >= 15 is 0 Å². The summed E-state index contributed by atoms with van der Waals surface area (Å²) in [5, 5.41) is 0. The molecule has 0 aliphatic carbocycles. The number of halogens is 1. The molecule has 0 amide bonds. The number of hydrogen-bond donors (Lipinski definition) is 1. The molecule has 0 saturated carbocycles. The Hall–Kier alpha value is -1.88. The maximum absolute atomic E-state index is 5.11. The van der Waals surface area contributed by atoms with Crippen molar-refractivity contribution in [1.29, 1.82) is 0 Å². The number of nitrogens with zero attached hydrogens (tertiary/aromatic N) is 2. The molecule has 3 rings (SSSR count). The molecule has 2 aromatic heterocycles. The van der Waals surface area contributed by atoms with Crippen molar-refractivity contribution in [3.05, 3.63) is 40.4 Å². The van der Waals surface area contributed by atoms with Gasteiger partial charge in [-0.15, -0.1) is 0 Å². The zero-order valence-electron chi connectivity index (χ0n) is 10.6. The van der Waals surface area contributed by atoms with Crippen molar-refractivity contribution in [2.45, 2.75) is 6.92 Å². The molecular weight excluding hydrogens is 306 g/mol. The van der Waals surface area contributed by atoms with Gasteiger partial charge in [-0.05, 0) is 30.7 Å². The molecule has 0 radical (unpaired) electrons. The van der Waals surface area contributed by atoms with Gasteiger partial charge in [-0.3, -0.25) is 0 Å². The van der Waals surface area contributed by atoms with Crippen LogP contribution in [0.15, 0.2) is 34.8 Å². The highest BCUT2D eigenvalue weighted by Gasteiger charge is 2.10. The number of nitrogens with one attached hydrogen (secondary N) is 1. The van der Waals surface area contributed by atoms with Crippen molar-refractivity contribution in [2.75, 3.05) is 7.11 Å². The average Bonchev–Trinajstić information content (AvgIpc) is 2.83. The first-order valence-electron chi connectivity index (χ1n) is 5.84. The van der Waals surface area contributed by atoms with Crippen LogP contribution >= 0.6 is 15.9 Å². The monoisotopic (exact) mass is 317 g/mol. The molecular formula is C14H12BrN3O. The molecule has 96 valence electrons. The van der Waals surface area contributed by atoms with Gasteiger partial charge in [0, 0.05) is 16.1 Å². The molecule has 4 nitrogen and oxygen atoms in total. The third-order valence-electron chi connectivity index (χ3n) is 2.98. The molecule has 0 atom stereocenters. The summed E-state index contributed by atoms with van der Waals surface area (Å²) in [5.74, 6) is 1.38. The van der Waals surface area contributed by atoms with Crippen molar-refractivity contribution in [3.8, 4) is 17.3 Å². The van der Waals surface area contributed by atoms with E-state index in [9.17, 15) is 0 Å². The zero-order chi connectivity index (χ0) is 13.4. The minimum absolute atomic E-state index is 0.566. The molecule has 0 unspecified atom stereocenters. The van der Waals surface area contributed by atoms with Crippen LogP contribution in [0.3, 0.4) is 0 Å². The molecule has 1 N–H and O–H groups in total. The van der Waals surface area contributed by atoms with Gasteiger partial charge in [-0.1, -0.05) is 22.0 Å². The van der Waals surface area contributed by atoms with Gasteiger partial charge in [0.25, 0.3) is 0 Å². The second-order valence-electron chi connectivity index (χ2n) is 4.27. The second kappa shape index (κ2) is 4.66. The number of H-pyrrole nitrogens is 1. The van der Waals surface area contributed by atoms with E-state index in [4.69, 9.17) is 4.74 Å². The van der Waals surface area contributed by atoms with Crippen LogP contribution in [0.2, 0.25) is 0 Å². The van der Waals surface area contributed by atoms with Crippen LogP contribution in [0.25, 0.3) is 22.6 Å². The van der Waals surface area contributed by atoms with E-state index in [1.807, 2.05) is 24.3 Å². The van der Waals surface area contributed by atoms with E-state index in [1.54, 1.807) is 7.11 Å². The fourth-order valence-corrected chi connectivity index (χ4v) is 2.33. The van der Waals surface area contributed by atoms with Gasteiger partial charge >= 0.3 is 0 Å². The Bertz CT molecular complexity index is 752. The summed E-state index contributed by atoms with van der Waals surface area (Å²) in [6, 6.07) is 9.86. The van der Waals surface area contributed by atoms with E-state index in [0.717, 1.165) is 26.9 Å². The van der Waals surface area contributed by atoms with Gasteiger partial charge < -0.3 is 9.72 Å². The molecule has 2 heterocycles. The number of ether oxygens (including phenoxy) is 1. The molecule has 0 saturated heterocycles. The summed E-state index contributed by atoms with van der Waals surface area (Å²) in [6.07, 6.45) is 0. The maximum Gasteiger partial charge on any atom is 0.215 e. The fourth-order valence-electron chi connectivity index (χ4n) is 1.97. The maximum atomic E-state index is 5.11. The molecule has 0 fully saturated rings. The summed E-state index contributed by atoms with van der Waals surface area (Å²) in [6.45, 7) is 2.06. The number of benzene rings is 1. The second-order valence-corrected chi connectivity index (χ2v) is 5.19. The third-order valence-corrected chi connectivity index (χ3v) is 3.48. The average molecular weight is 318 g/mol. The molecule has 0 aliphatic heterocycles. The minimum atomic E-state index is 0.566. The highest BCUT2D eigenvalue weighted by Crippen LogP contribution is 2.26.